The van der Waals surface area contributed by atoms with Crippen LogP contribution in [-0.4, -0.2) is 32.3 Å². The highest BCUT2D eigenvalue weighted by Crippen LogP contribution is 2.36. The first-order valence-corrected chi connectivity index (χ1v) is 3.51. The smallest absolute Gasteiger partial charge is 0.472 e. The summed E-state index contributed by atoms with van der Waals surface area (Å²) >= 11 is 0. The lowest BCUT2D eigenvalue weighted by molar-refractivity contribution is -0.164. The van der Waals surface area contributed by atoms with Gasteiger partial charge in [0.05, 0.1) is 0 Å². The Morgan fingerprint density at radius 3 is 2.00 bits per heavy atom. The van der Waals surface area contributed by atoms with E-state index in [9.17, 15) is 9.36 Å². The number of carboxylic acid groups (broad SMARTS) is 1. The van der Waals surface area contributed by atoms with Crippen LogP contribution in [0.5, 0.6) is 0 Å². The lowest BCUT2D eigenvalue weighted by Crippen LogP contribution is -2.21. The van der Waals surface area contributed by atoms with Crippen molar-refractivity contribution in [1.29, 1.82) is 0 Å². The molecule has 0 bridgehead atoms. The average molecular weight is 172 g/mol. The lowest BCUT2D eigenvalue weighted by Gasteiger charge is -2.06. The minimum Gasteiger partial charge on any atom is -0.477 e. The van der Waals surface area contributed by atoms with Gasteiger partial charge in [-0.15, -0.1) is 0 Å². The summed E-state index contributed by atoms with van der Waals surface area (Å²) in [5.74, 6) is -1.86. The molecule has 0 saturated carbocycles. The van der Waals surface area contributed by atoms with Gasteiger partial charge in [-0.05, 0) is 0 Å². The van der Waals surface area contributed by atoms with Gasteiger partial charge in [0.25, 0.3) is 6.29 Å². The van der Waals surface area contributed by atoms with E-state index in [0.717, 1.165) is 0 Å². The molecule has 0 radical (unpaired) electrons. The number of aliphatic hydroxyl groups is 1. The van der Waals surface area contributed by atoms with E-state index in [-0.39, 0.29) is 0 Å². The van der Waals surface area contributed by atoms with Gasteiger partial charge in [-0.1, -0.05) is 0 Å². The number of carbonyl (C=O) groups is 1. The molecular weight excluding hydrogens is 167 g/mol. The second-order valence-corrected chi connectivity index (χ2v) is 2.48. The fourth-order valence-corrected chi connectivity index (χ4v) is 0.525. The molecular formula is C2H5O7P. The van der Waals surface area contributed by atoms with Gasteiger partial charge in [0.15, 0.2) is 0 Å². The van der Waals surface area contributed by atoms with Crippen molar-refractivity contribution in [3.63, 3.8) is 0 Å². The summed E-state index contributed by atoms with van der Waals surface area (Å²) in [7, 11) is -4.91. The number of carboxylic acids is 1. The Kier molecular flexibility index (Phi) is 2.95. The molecule has 0 aliphatic heterocycles. The van der Waals surface area contributed by atoms with Gasteiger partial charge in [-0.2, -0.15) is 0 Å². The molecule has 60 valence electrons. The number of hydrogen-bond acceptors (Lipinski definition) is 4. The van der Waals surface area contributed by atoms with Gasteiger partial charge in [0.2, 0.25) is 0 Å². The Labute approximate surface area is 55.1 Å². The zero-order valence-electron chi connectivity index (χ0n) is 4.54. The van der Waals surface area contributed by atoms with E-state index in [1.807, 2.05) is 0 Å². The average Bonchev–Trinajstić information content (AvgIpc) is 1.60. The normalized spacial score (nSPS) is 14.7. The number of aliphatic hydroxyl groups excluding tert-OH is 1. The predicted octanol–water partition coefficient (Wildman–Crippen LogP) is -1.50. The van der Waals surface area contributed by atoms with E-state index in [1.54, 1.807) is 0 Å². The summed E-state index contributed by atoms with van der Waals surface area (Å²) in [6, 6.07) is 0. The van der Waals surface area contributed by atoms with Gasteiger partial charge < -0.3 is 20.0 Å². The van der Waals surface area contributed by atoms with Crippen LogP contribution in [0.2, 0.25) is 0 Å². The molecule has 0 amide bonds. The highest BCUT2D eigenvalue weighted by Gasteiger charge is 2.25. The number of hydrogen-bond donors (Lipinski definition) is 4. The summed E-state index contributed by atoms with van der Waals surface area (Å²) < 4.78 is 13.1. The molecule has 0 heterocycles. The molecule has 1 atom stereocenters. The Hall–Kier alpha value is -0.460. The minimum absolute atomic E-state index is 1.86. The molecule has 0 aliphatic rings. The monoisotopic (exact) mass is 172 g/mol. The lowest BCUT2D eigenvalue weighted by atomic mass is 10.7. The summed E-state index contributed by atoms with van der Waals surface area (Å²) in [5, 5.41) is 16.0. The van der Waals surface area contributed by atoms with E-state index >= 15 is 0 Å². The van der Waals surface area contributed by atoms with Crippen LogP contribution < -0.4 is 0 Å². The topological polar surface area (TPSA) is 124 Å². The van der Waals surface area contributed by atoms with Crippen LogP contribution in [-0.2, 0) is 13.9 Å². The molecule has 0 spiro atoms. The first kappa shape index (κ1) is 9.54. The van der Waals surface area contributed by atoms with Crippen molar-refractivity contribution in [2.75, 3.05) is 0 Å². The Bertz CT molecular complexity index is 168. The summed E-state index contributed by atoms with van der Waals surface area (Å²) in [6.07, 6.45) is -2.49. The van der Waals surface area contributed by atoms with Crippen molar-refractivity contribution in [3.05, 3.63) is 0 Å². The number of rotatable bonds is 3. The van der Waals surface area contributed by atoms with E-state index in [1.165, 1.54) is 0 Å². The maximum atomic E-state index is 9.80. The minimum atomic E-state index is -4.91. The molecule has 0 unspecified atom stereocenters. The molecule has 0 aromatic heterocycles. The van der Waals surface area contributed by atoms with E-state index in [2.05, 4.69) is 4.52 Å². The molecule has 4 N–H and O–H groups in total. The van der Waals surface area contributed by atoms with Gasteiger partial charge in [0.1, 0.15) is 0 Å². The molecule has 8 heteroatoms. The molecule has 0 rings (SSSR count). The van der Waals surface area contributed by atoms with Crippen LogP contribution in [0.4, 0.5) is 0 Å². The van der Waals surface area contributed by atoms with E-state index in [0.29, 0.717) is 0 Å². The van der Waals surface area contributed by atoms with Crippen LogP contribution in [0.1, 0.15) is 0 Å². The van der Waals surface area contributed by atoms with Gasteiger partial charge in [-0.25, -0.2) is 13.9 Å². The number of phosphoric acid groups is 1. The third kappa shape index (κ3) is 4.42. The van der Waals surface area contributed by atoms with Crippen LogP contribution in [0, 0.1) is 0 Å². The van der Waals surface area contributed by atoms with Crippen LogP contribution in [0.25, 0.3) is 0 Å². The highest BCUT2D eigenvalue weighted by molar-refractivity contribution is 7.46. The zero-order chi connectivity index (χ0) is 8.36. The maximum Gasteiger partial charge on any atom is 0.472 e. The highest BCUT2D eigenvalue weighted by atomic mass is 31.2. The first-order valence-electron chi connectivity index (χ1n) is 1.98. The quantitative estimate of drug-likeness (QED) is 0.301. The molecule has 0 aromatic rings. The van der Waals surface area contributed by atoms with Crippen LogP contribution in [0.15, 0.2) is 0 Å². The van der Waals surface area contributed by atoms with Gasteiger partial charge in [-0.3, -0.25) is 0 Å². The molecule has 7 nitrogen and oxygen atoms in total. The summed E-state index contributed by atoms with van der Waals surface area (Å²) in [5.41, 5.74) is 0. The van der Waals surface area contributed by atoms with E-state index < -0.39 is 20.1 Å². The van der Waals surface area contributed by atoms with Crippen molar-refractivity contribution < 1.29 is 33.9 Å². The molecule has 0 aliphatic carbocycles. The summed E-state index contributed by atoms with van der Waals surface area (Å²) in [6.45, 7) is 0. The van der Waals surface area contributed by atoms with Crippen LogP contribution >= 0.6 is 7.82 Å². The van der Waals surface area contributed by atoms with Crippen molar-refractivity contribution in [2.45, 2.75) is 6.29 Å². The SMILES string of the molecule is O=C(O)[C@@H](O)OP(=O)(O)O. The first-order chi connectivity index (χ1) is 4.33. The van der Waals surface area contributed by atoms with Crippen molar-refractivity contribution >= 4 is 13.8 Å². The van der Waals surface area contributed by atoms with E-state index in [4.69, 9.17) is 20.0 Å². The summed E-state index contributed by atoms with van der Waals surface area (Å²) in [4.78, 5) is 25.5. The fraction of sp³-hybridized carbons (Fsp3) is 0.500. The third-order valence-electron chi connectivity index (χ3n) is 0.448. The molecule has 0 fully saturated rings. The Balaban J connectivity index is 3.93. The predicted molar refractivity (Wildman–Crippen MR) is 26.8 cm³/mol. The Morgan fingerprint density at radius 2 is 1.90 bits per heavy atom. The number of aliphatic carboxylic acids is 1. The van der Waals surface area contributed by atoms with Crippen molar-refractivity contribution in [1.82, 2.24) is 0 Å². The molecule has 10 heavy (non-hydrogen) atoms. The molecule has 0 aromatic carbocycles. The largest absolute Gasteiger partial charge is 0.477 e. The Morgan fingerprint density at radius 1 is 1.50 bits per heavy atom. The third-order valence-corrected chi connectivity index (χ3v) is 0.923. The molecule has 0 saturated heterocycles. The van der Waals surface area contributed by atoms with Crippen molar-refractivity contribution in [2.24, 2.45) is 0 Å². The standard InChI is InChI=1S/C2H5O7P/c3-1(4)2(5)9-10(6,7)8/h2,5H,(H,3,4)(H2,6,7,8)/t2-/m0/s1. The zero-order valence-corrected chi connectivity index (χ0v) is 5.43. The van der Waals surface area contributed by atoms with Crippen molar-refractivity contribution in [3.8, 4) is 0 Å². The number of phosphoric ester groups is 1. The maximum absolute atomic E-state index is 9.80. The van der Waals surface area contributed by atoms with Gasteiger partial charge >= 0.3 is 13.8 Å². The van der Waals surface area contributed by atoms with Crippen LogP contribution in [0.3, 0.4) is 0 Å². The second kappa shape index (κ2) is 3.09. The second-order valence-electron chi connectivity index (χ2n) is 1.29. The fourth-order valence-electron chi connectivity index (χ4n) is 0.175. The van der Waals surface area contributed by atoms with Gasteiger partial charge in [0, 0.05) is 0 Å².